The zero-order chi connectivity index (χ0) is 16.9. The van der Waals surface area contributed by atoms with Gasteiger partial charge in [0.05, 0.1) is 17.4 Å². The Kier molecular flexibility index (Phi) is 4.93. The molecule has 0 radical (unpaired) electrons. The largest absolute Gasteiger partial charge is 0.459 e. The van der Waals surface area contributed by atoms with Gasteiger partial charge in [-0.2, -0.15) is 5.10 Å². The van der Waals surface area contributed by atoms with Crippen molar-refractivity contribution in [1.82, 2.24) is 10.4 Å². The van der Waals surface area contributed by atoms with Gasteiger partial charge in [0.1, 0.15) is 0 Å². The number of anilines is 2. The van der Waals surface area contributed by atoms with Crippen LogP contribution in [0.4, 0.5) is 10.8 Å². The number of hydrazone groups is 1. The minimum absolute atomic E-state index is 0.185. The second-order valence-corrected chi connectivity index (χ2v) is 6.18. The number of hydrogen-bond donors (Lipinski definition) is 2. The Morgan fingerprint density at radius 1 is 1.33 bits per heavy atom. The number of halogens is 1. The highest BCUT2D eigenvalue weighted by Crippen LogP contribution is 2.28. The lowest BCUT2D eigenvalue weighted by molar-refractivity contribution is 0.0927. The Hall–Kier alpha value is -2.64. The van der Waals surface area contributed by atoms with Gasteiger partial charge >= 0.3 is 5.91 Å². The van der Waals surface area contributed by atoms with Crippen molar-refractivity contribution in [1.29, 1.82) is 0 Å². The third kappa shape index (κ3) is 3.81. The number of furan rings is 1. The van der Waals surface area contributed by atoms with Crippen LogP contribution in [0.1, 0.15) is 21.0 Å². The highest BCUT2D eigenvalue weighted by Gasteiger charge is 2.10. The van der Waals surface area contributed by atoms with E-state index in [-0.39, 0.29) is 5.76 Å². The summed E-state index contributed by atoms with van der Waals surface area (Å²) in [5.74, 6) is -0.250. The van der Waals surface area contributed by atoms with E-state index in [9.17, 15) is 4.79 Å². The smallest absolute Gasteiger partial charge is 0.307 e. The van der Waals surface area contributed by atoms with Crippen molar-refractivity contribution in [3.05, 3.63) is 64.0 Å². The molecule has 0 aliphatic rings. The van der Waals surface area contributed by atoms with Crippen LogP contribution in [-0.2, 0) is 0 Å². The molecule has 0 unspecified atom stereocenters. The predicted molar refractivity (Wildman–Crippen MR) is 95.4 cm³/mol. The number of aryl methyl sites for hydroxylation is 1. The van der Waals surface area contributed by atoms with Crippen molar-refractivity contribution in [2.24, 2.45) is 5.10 Å². The summed E-state index contributed by atoms with van der Waals surface area (Å²) < 4.78 is 4.97. The van der Waals surface area contributed by atoms with E-state index in [0.29, 0.717) is 15.2 Å². The summed E-state index contributed by atoms with van der Waals surface area (Å²) >= 11 is 7.44. The first-order chi connectivity index (χ1) is 11.6. The summed E-state index contributed by atoms with van der Waals surface area (Å²) in [7, 11) is 0. The van der Waals surface area contributed by atoms with E-state index < -0.39 is 5.91 Å². The lowest BCUT2D eigenvalue weighted by Crippen LogP contribution is -2.16. The molecule has 0 aliphatic carbocycles. The molecular formula is C16H13ClN4O2S. The monoisotopic (exact) mass is 360 g/mol. The Labute approximate surface area is 147 Å². The molecule has 8 heteroatoms. The summed E-state index contributed by atoms with van der Waals surface area (Å²) in [4.78, 5) is 16.6. The Bertz CT molecular complexity index is 874. The van der Waals surface area contributed by atoms with E-state index >= 15 is 0 Å². The van der Waals surface area contributed by atoms with Gasteiger partial charge < -0.3 is 9.73 Å². The normalized spacial score (nSPS) is 10.9. The fraction of sp³-hybridized carbons (Fsp3) is 0.0625. The lowest BCUT2D eigenvalue weighted by Gasteiger charge is -2.05. The summed E-state index contributed by atoms with van der Waals surface area (Å²) in [5, 5.41) is 8.04. The molecule has 0 atom stereocenters. The van der Waals surface area contributed by atoms with E-state index in [1.165, 1.54) is 23.8 Å². The second kappa shape index (κ2) is 7.29. The maximum atomic E-state index is 11.7. The molecule has 2 aromatic heterocycles. The number of aromatic nitrogens is 1. The minimum atomic E-state index is -0.435. The van der Waals surface area contributed by atoms with Crippen molar-refractivity contribution in [3.63, 3.8) is 0 Å². The molecular weight excluding hydrogens is 348 g/mol. The molecule has 2 heterocycles. The third-order valence-electron chi connectivity index (χ3n) is 3.09. The zero-order valence-electron chi connectivity index (χ0n) is 12.6. The quantitative estimate of drug-likeness (QED) is 0.527. The van der Waals surface area contributed by atoms with Crippen LogP contribution in [0.15, 0.2) is 52.2 Å². The first-order valence-corrected chi connectivity index (χ1v) is 8.19. The molecule has 24 heavy (non-hydrogen) atoms. The topological polar surface area (TPSA) is 79.5 Å². The van der Waals surface area contributed by atoms with Crippen molar-refractivity contribution in [2.45, 2.75) is 6.92 Å². The summed E-state index contributed by atoms with van der Waals surface area (Å²) in [6.45, 7) is 2.00. The van der Waals surface area contributed by atoms with Crippen molar-refractivity contribution >= 4 is 45.9 Å². The molecule has 6 nitrogen and oxygen atoms in total. The van der Waals surface area contributed by atoms with Gasteiger partial charge in [-0.1, -0.05) is 41.1 Å². The van der Waals surface area contributed by atoms with Crippen LogP contribution in [0.2, 0.25) is 5.15 Å². The van der Waals surface area contributed by atoms with E-state index in [4.69, 9.17) is 16.0 Å². The van der Waals surface area contributed by atoms with Crippen molar-refractivity contribution in [2.75, 3.05) is 5.32 Å². The molecule has 0 fully saturated rings. The van der Waals surface area contributed by atoms with E-state index in [1.807, 2.05) is 31.2 Å². The molecule has 0 saturated carbocycles. The maximum absolute atomic E-state index is 11.7. The summed E-state index contributed by atoms with van der Waals surface area (Å²) in [6, 6.07) is 11.1. The lowest BCUT2D eigenvalue weighted by atomic mass is 10.2. The van der Waals surface area contributed by atoms with Crippen LogP contribution >= 0.6 is 22.9 Å². The SMILES string of the molecule is Cc1ccccc1Nc1nc(Cl)c(/C=N/NC(=O)c2ccco2)s1. The molecule has 0 aliphatic heterocycles. The van der Waals surface area contributed by atoms with E-state index in [1.54, 1.807) is 12.1 Å². The molecule has 3 rings (SSSR count). The maximum Gasteiger partial charge on any atom is 0.307 e. The van der Waals surface area contributed by atoms with Crippen LogP contribution < -0.4 is 10.7 Å². The Morgan fingerprint density at radius 2 is 2.17 bits per heavy atom. The number of rotatable bonds is 5. The van der Waals surface area contributed by atoms with Gasteiger partial charge in [-0.05, 0) is 30.7 Å². The van der Waals surface area contributed by atoms with Crippen LogP contribution in [0.5, 0.6) is 0 Å². The number of nitrogens with zero attached hydrogens (tertiary/aromatic N) is 2. The fourth-order valence-electron chi connectivity index (χ4n) is 1.89. The Balaban J connectivity index is 1.67. The predicted octanol–water partition coefficient (Wildman–Crippen LogP) is 4.21. The molecule has 2 N–H and O–H groups in total. The highest BCUT2D eigenvalue weighted by atomic mass is 35.5. The second-order valence-electron chi connectivity index (χ2n) is 4.79. The molecule has 0 saturated heterocycles. The number of para-hydroxylation sites is 1. The van der Waals surface area contributed by atoms with Crippen molar-refractivity contribution < 1.29 is 9.21 Å². The van der Waals surface area contributed by atoms with Crippen LogP contribution in [0, 0.1) is 6.92 Å². The number of benzene rings is 1. The van der Waals surface area contributed by atoms with Gasteiger partial charge in [-0.15, -0.1) is 0 Å². The van der Waals surface area contributed by atoms with Gasteiger partial charge in [0, 0.05) is 5.69 Å². The van der Waals surface area contributed by atoms with Gasteiger partial charge in [0.15, 0.2) is 16.0 Å². The number of carbonyl (C=O) groups excluding carboxylic acids is 1. The average Bonchev–Trinajstić information content (AvgIpc) is 3.20. The molecule has 122 valence electrons. The number of nitrogens with one attached hydrogen (secondary N) is 2. The number of amides is 1. The fourth-order valence-corrected chi connectivity index (χ4v) is 2.93. The van der Waals surface area contributed by atoms with Gasteiger partial charge in [0.2, 0.25) is 0 Å². The molecule has 3 aromatic rings. The number of hydrogen-bond acceptors (Lipinski definition) is 6. The van der Waals surface area contributed by atoms with E-state index in [0.717, 1.165) is 11.3 Å². The molecule has 0 bridgehead atoms. The van der Waals surface area contributed by atoms with Crippen molar-refractivity contribution in [3.8, 4) is 0 Å². The first-order valence-electron chi connectivity index (χ1n) is 6.99. The van der Waals surface area contributed by atoms with Gasteiger partial charge in [0.25, 0.3) is 0 Å². The van der Waals surface area contributed by atoms with Crippen LogP contribution in [0.3, 0.4) is 0 Å². The molecule has 1 aromatic carbocycles. The van der Waals surface area contributed by atoms with Crippen LogP contribution in [-0.4, -0.2) is 17.1 Å². The third-order valence-corrected chi connectivity index (χ3v) is 4.39. The van der Waals surface area contributed by atoms with E-state index in [2.05, 4.69) is 20.8 Å². The van der Waals surface area contributed by atoms with Gasteiger partial charge in [-0.25, -0.2) is 10.4 Å². The average molecular weight is 361 g/mol. The zero-order valence-corrected chi connectivity index (χ0v) is 14.2. The molecule has 0 spiro atoms. The minimum Gasteiger partial charge on any atom is -0.459 e. The number of thiazole rings is 1. The summed E-state index contributed by atoms with van der Waals surface area (Å²) in [5.41, 5.74) is 4.42. The number of carbonyl (C=O) groups is 1. The Morgan fingerprint density at radius 3 is 2.92 bits per heavy atom. The first kappa shape index (κ1) is 16.2. The summed E-state index contributed by atoms with van der Waals surface area (Å²) in [6.07, 6.45) is 2.87. The molecule has 1 amide bonds. The standard InChI is InChI=1S/C16H13ClN4O2S/c1-10-5-2-3-6-11(10)19-16-20-14(17)13(24-16)9-18-21-15(22)12-7-4-8-23-12/h2-9H,1H3,(H,19,20)(H,21,22)/b18-9+. The van der Waals surface area contributed by atoms with Gasteiger partial charge in [-0.3, -0.25) is 4.79 Å². The van der Waals surface area contributed by atoms with Crippen LogP contribution in [0.25, 0.3) is 0 Å². The highest BCUT2D eigenvalue weighted by molar-refractivity contribution is 7.17.